The van der Waals surface area contributed by atoms with Crippen LogP contribution in [0.15, 0.2) is 28.6 Å². The van der Waals surface area contributed by atoms with Gasteiger partial charge in [-0.2, -0.15) is 0 Å². The molecule has 98 valence electrons. The Kier molecular flexibility index (Phi) is 2.85. The van der Waals surface area contributed by atoms with Gasteiger partial charge in [-0.05, 0) is 6.07 Å². The first-order chi connectivity index (χ1) is 8.40. The third-order valence-electron chi connectivity index (χ3n) is 2.18. The van der Waals surface area contributed by atoms with Gasteiger partial charge >= 0.3 is 5.88 Å². The number of nitrogens with two attached hydrogens (primary N) is 1. The molecule has 0 bridgehead atoms. The van der Waals surface area contributed by atoms with E-state index in [9.17, 15) is 10.1 Å². The lowest BCUT2D eigenvalue weighted by Gasteiger charge is -2.17. The molecule has 1 aromatic rings. The second-order valence-corrected chi connectivity index (χ2v) is 3.99. The Morgan fingerprint density at radius 2 is 2.28 bits per heavy atom. The van der Waals surface area contributed by atoms with Crippen LogP contribution in [0.3, 0.4) is 0 Å². The molecule has 2 rings (SSSR count). The Morgan fingerprint density at radius 3 is 2.83 bits per heavy atom. The predicted molar refractivity (Wildman–Crippen MR) is 60.4 cm³/mol. The van der Waals surface area contributed by atoms with Crippen molar-refractivity contribution in [3.8, 4) is 0 Å². The molecule has 4 N–H and O–H groups in total. The van der Waals surface area contributed by atoms with E-state index in [2.05, 4.69) is 10.8 Å². The number of nitro groups is 1. The van der Waals surface area contributed by atoms with Crippen LogP contribution in [0.1, 0.15) is 5.76 Å². The van der Waals surface area contributed by atoms with E-state index in [1.807, 2.05) is 14.1 Å². The number of hydrogen-bond acceptors (Lipinski definition) is 8. The van der Waals surface area contributed by atoms with E-state index < -0.39 is 10.7 Å². The minimum atomic E-state index is -1.34. The summed E-state index contributed by atoms with van der Waals surface area (Å²) in [7, 11) is 3.62. The zero-order chi connectivity index (χ0) is 13.3. The van der Waals surface area contributed by atoms with E-state index in [0.717, 1.165) is 0 Å². The first-order valence-electron chi connectivity index (χ1n) is 5.05. The van der Waals surface area contributed by atoms with Crippen molar-refractivity contribution in [1.82, 2.24) is 15.7 Å². The summed E-state index contributed by atoms with van der Waals surface area (Å²) in [6.07, 6.45) is 1.65. The molecule has 1 saturated heterocycles. The van der Waals surface area contributed by atoms with E-state index in [1.165, 1.54) is 12.1 Å². The molecule has 1 aromatic heterocycles. The highest BCUT2D eigenvalue weighted by Gasteiger charge is 2.39. The number of nitrogens with zero attached hydrogens (tertiary/aromatic N) is 2. The van der Waals surface area contributed by atoms with Crippen molar-refractivity contribution in [2.45, 2.75) is 5.79 Å². The van der Waals surface area contributed by atoms with Crippen LogP contribution in [-0.4, -0.2) is 23.9 Å². The average molecular weight is 255 g/mol. The van der Waals surface area contributed by atoms with Crippen LogP contribution < -0.4 is 16.5 Å². The van der Waals surface area contributed by atoms with Crippen molar-refractivity contribution in [3.63, 3.8) is 0 Å². The van der Waals surface area contributed by atoms with Crippen molar-refractivity contribution in [3.05, 3.63) is 40.1 Å². The average Bonchev–Trinajstić information content (AvgIpc) is 2.85. The fourth-order valence-corrected chi connectivity index (χ4v) is 1.42. The standard InChI is InChI=1S/C9H13N5O4/c1-13(2)5-7-11-9(10,12-18-7)6-3-4-8(17-6)14(15)16/h3-5,11-12H,10H2,1-2H3. The molecule has 1 atom stereocenters. The van der Waals surface area contributed by atoms with Crippen LogP contribution in [0, 0.1) is 10.1 Å². The second-order valence-electron chi connectivity index (χ2n) is 3.99. The molecule has 1 unspecified atom stereocenters. The zero-order valence-corrected chi connectivity index (χ0v) is 9.84. The third kappa shape index (κ3) is 2.21. The zero-order valence-electron chi connectivity index (χ0n) is 9.84. The fraction of sp³-hybridized carbons (Fsp3) is 0.333. The lowest BCUT2D eigenvalue weighted by molar-refractivity contribution is -0.402. The number of nitrogens with one attached hydrogen (secondary N) is 2. The van der Waals surface area contributed by atoms with E-state index in [4.69, 9.17) is 15.0 Å². The van der Waals surface area contributed by atoms with Gasteiger partial charge in [0.15, 0.2) is 5.76 Å². The Bertz CT molecular complexity index is 497. The summed E-state index contributed by atoms with van der Waals surface area (Å²) < 4.78 is 5.02. The summed E-state index contributed by atoms with van der Waals surface area (Å²) in [6, 6.07) is 2.63. The topological polar surface area (TPSA) is 119 Å². The first-order valence-corrected chi connectivity index (χ1v) is 5.05. The quantitative estimate of drug-likeness (QED) is 0.499. The van der Waals surface area contributed by atoms with Crippen molar-refractivity contribution < 1.29 is 14.2 Å². The van der Waals surface area contributed by atoms with Gasteiger partial charge in [-0.3, -0.25) is 15.8 Å². The van der Waals surface area contributed by atoms with Crippen molar-refractivity contribution in [2.75, 3.05) is 14.1 Å². The van der Waals surface area contributed by atoms with Gasteiger partial charge in [0.25, 0.3) is 0 Å². The van der Waals surface area contributed by atoms with Gasteiger partial charge in [-0.1, -0.05) is 0 Å². The van der Waals surface area contributed by atoms with E-state index in [1.54, 1.807) is 11.1 Å². The summed E-state index contributed by atoms with van der Waals surface area (Å²) in [5.74, 6) is -1.20. The molecule has 0 amide bonds. The summed E-state index contributed by atoms with van der Waals surface area (Å²) in [4.78, 5) is 16.7. The molecule has 1 fully saturated rings. The third-order valence-corrected chi connectivity index (χ3v) is 2.18. The molecule has 1 aliphatic rings. The molecular formula is C9H13N5O4. The molecular weight excluding hydrogens is 242 g/mol. The minimum Gasteiger partial charge on any atom is -0.400 e. The van der Waals surface area contributed by atoms with Gasteiger partial charge in [0.2, 0.25) is 11.7 Å². The SMILES string of the molecule is CN(C)C=C1NC(N)(c2ccc([N+](=O)[O-])o2)NO1. The van der Waals surface area contributed by atoms with Crippen LogP contribution in [-0.2, 0) is 10.6 Å². The summed E-state index contributed by atoms with van der Waals surface area (Å²) >= 11 is 0. The van der Waals surface area contributed by atoms with Crippen LogP contribution in [0.4, 0.5) is 5.88 Å². The van der Waals surface area contributed by atoms with Gasteiger partial charge in [-0.15, -0.1) is 5.48 Å². The molecule has 0 aliphatic carbocycles. The van der Waals surface area contributed by atoms with Crippen molar-refractivity contribution >= 4 is 5.88 Å². The lowest BCUT2D eigenvalue weighted by Crippen LogP contribution is -2.53. The second kappa shape index (κ2) is 4.20. The Labute approximate surface area is 102 Å². The number of hydrogen-bond donors (Lipinski definition) is 3. The molecule has 0 spiro atoms. The fourth-order valence-electron chi connectivity index (χ4n) is 1.42. The van der Waals surface area contributed by atoms with Gasteiger partial charge in [-0.25, -0.2) is 0 Å². The normalized spacial score (nSPS) is 24.7. The van der Waals surface area contributed by atoms with Crippen molar-refractivity contribution in [1.29, 1.82) is 0 Å². The Hall–Kier alpha value is -2.26. The lowest BCUT2D eigenvalue weighted by atomic mass is 10.3. The number of furan rings is 1. The summed E-state index contributed by atoms with van der Waals surface area (Å²) in [5.41, 5.74) is 8.45. The largest absolute Gasteiger partial charge is 0.433 e. The maximum absolute atomic E-state index is 10.5. The van der Waals surface area contributed by atoms with Gasteiger partial charge in [0, 0.05) is 14.1 Å². The number of rotatable bonds is 3. The molecule has 0 saturated carbocycles. The Morgan fingerprint density at radius 1 is 1.56 bits per heavy atom. The van der Waals surface area contributed by atoms with E-state index in [0.29, 0.717) is 5.88 Å². The van der Waals surface area contributed by atoms with Crippen LogP contribution in [0.25, 0.3) is 0 Å². The summed E-state index contributed by atoms with van der Waals surface area (Å²) in [5, 5.41) is 13.3. The van der Waals surface area contributed by atoms with Gasteiger partial charge in [0.1, 0.15) is 4.92 Å². The predicted octanol–water partition coefficient (Wildman–Crippen LogP) is -0.258. The van der Waals surface area contributed by atoms with E-state index >= 15 is 0 Å². The first kappa shape index (κ1) is 12.2. The molecule has 9 nitrogen and oxygen atoms in total. The maximum atomic E-state index is 10.5. The molecule has 2 heterocycles. The summed E-state index contributed by atoms with van der Waals surface area (Å²) in [6.45, 7) is 0. The van der Waals surface area contributed by atoms with Gasteiger partial charge < -0.3 is 19.5 Å². The molecule has 0 radical (unpaired) electrons. The highest BCUT2D eigenvalue weighted by molar-refractivity contribution is 5.23. The van der Waals surface area contributed by atoms with Crippen LogP contribution >= 0.6 is 0 Å². The monoisotopic (exact) mass is 255 g/mol. The number of hydroxylamine groups is 1. The van der Waals surface area contributed by atoms with Crippen molar-refractivity contribution in [2.24, 2.45) is 5.73 Å². The molecule has 1 aliphatic heterocycles. The molecule has 9 heteroatoms. The Balaban J connectivity index is 2.20. The molecule has 18 heavy (non-hydrogen) atoms. The minimum absolute atomic E-state index is 0.149. The maximum Gasteiger partial charge on any atom is 0.433 e. The van der Waals surface area contributed by atoms with E-state index in [-0.39, 0.29) is 11.6 Å². The van der Waals surface area contributed by atoms with Crippen LogP contribution in [0.2, 0.25) is 0 Å². The highest BCUT2D eigenvalue weighted by atomic mass is 16.7. The van der Waals surface area contributed by atoms with Gasteiger partial charge in [0.05, 0.1) is 12.3 Å². The molecule has 0 aromatic carbocycles. The van der Waals surface area contributed by atoms with Crippen LogP contribution in [0.5, 0.6) is 0 Å². The highest BCUT2D eigenvalue weighted by Crippen LogP contribution is 2.25. The smallest absolute Gasteiger partial charge is 0.400 e.